The Labute approximate surface area is 197 Å². The molecule has 1 atom stereocenters. The molecular weight excluding hydrogens is 456 g/mol. The molecule has 0 fully saturated rings. The normalized spacial score (nSPS) is 14.8. The molecule has 4 aromatic rings. The van der Waals surface area contributed by atoms with Gasteiger partial charge in [-0.2, -0.15) is 5.10 Å². The lowest BCUT2D eigenvalue weighted by atomic mass is 10.1. The molecule has 1 aliphatic heterocycles. The quantitative estimate of drug-likeness (QED) is 0.264. The standard InChI is InChI=1S/C23H20N6O4S/c1-13-7-8-18(14(2)9-13)28-21-16(11-24-28)22(31)27-15(12-34-23(27)26-21)10-20(30)25-17-5-3-4-6-19(17)29(32)33/h3-9,11,15H,10,12H2,1-2H3,(H,25,30). The number of benzene rings is 2. The molecule has 34 heavy (non-hydrogen) atoms. The number of fused-ring (bicyclic) bond motifs is 2. The summed E-state index contributed by atoms with van der Waals surface area (Å²) in [7, 11) is 0. The Bertz CT molecular complexity index is 1530. The molecule has 2 aromatic carbocycles. The number of aryl methyl sites for hydroxylation is 2. The smallest absolute Gasteiger partial charge is 0.292 e. The molecule has 0 saturated heterocycles. The highest BCUT2D eigenvalue weighted by molar-refractivity contribution is 7.99. The molecule has 3 heterocycles. The van der Waals surface area contributed by atoms with E-state index in [4.69, 9.17) is 4.98 Å². The van der Waals surface area contributed by atoms with Gasteiger partial charge in [0.15, 0.2) is 10.8 Å². The van der Waals surface area contributed by atoms with Gasteiger partial charge in [-0.05, 0) is 31.5 Å². The summed E-state index contributed by atoms with van der Waals surface area (Å²) in [6, 6.07) is 11.5. The molecule has 2 aromatic heterocycles. The maximum Gasteiger partial charge on any atom is 0.292 e. The second-order valence-corrected chi connectivity index (χ2v) is 9.13. The van der Waals surface area contributed by atoms with E-state index in [9.17, 15) is 19.7 Å². The van der Waals surface area contributed by atoms with Crippen LogP contribution in [0.4, 0.5) is 11.4 Å². The number of aromatic nitrogens is 4. The molecule has 5 rings (SSSR count). The third-order valence-electron chi connectivity index (χ3n) is 5.75. The minimum atomic E-state index is -0.547. The Morgan fingerprint density at radius 2 is 2.06 bits per heavy atom. The Balaban J connectivity index is 1.45. The van der Waals surface area contributed by atoms with E-state index in [1.165, 1.54) is 40.7 Å². The number of nitrogens with one attached hydrogen (secondary N) is 1. The Morgan fingerprint density at radius 3 is 2.82 bits per heavy atom. The number of hydrogen-bond acceptors (Lipinski definition) is 7. The van der Waals surface area contributed by atoms with E-state index in [0.717, 1.165) is 16.8 Å². The van der Waals surface area contributed by atoms with Gasteiger partial charge in [0.2, 0.25) is 5.91 Å². The van der Waals surface area contributed by atoms with Gasteiger partial charge in [0, 0.05) is 18.2 Å². The number of hydrogen-bond donors (Lipinski definition) is 1. The molecule has 10 nitrogen and oxygen atoms in total. The van der Waals surface area contributed by atoms with Crippen LogP contribution in [-0.4, -0.2) is 35.9 Å². The van der Waals surface area contributed by atoms with E-state index in [2.05, 4.69) is 10.4 Å². The fourth-order valence-corrected chi connectivity index (χ4v) is 5.28. The second kappa shape index (κ2) is 8.41. The summed E-state index contributed by atoms with van der Waals surface area (Å²) in [6.07, 6.45) is 1.50. The summed E-state index contributed by atoms with van der Waals surface area (Å²) in [6.45, 7) is 3.99. The fraction of sp³-hybridized carbons (Fsp3) is 0.217. The van der Waals surface area contributed by atoms with Gasteiger partial charge in [-0.1, -0.05) is 41.6 Å². The molecule has 0 radical (unpaired) electrons. The van der Waals surface area contributed by atoms with Crippen molar-refractivity contribution in [1.82, 2.24) is 19.3 Å². The Morgan fingerprint density at radius 1 is 1.26 bits per heavy atom. The first kappa shape index (κ1) is 21.8. The highest BCUT2D eigenvalue weighted by Gasteiger charge is 2.30. The highest BCUT2D eigenvalue weighted by Crippen LogP contribution is 2.34. The van der Waals surface area contributed by atoms with Crippen molar-refractivity contribution in [2.24, 2.45) is 0 Å². The minimum Gasteiger partial charge on any atom is -0.320 e. The topological polar surface area (TPSA) is 125 Å². The van der Waals surface area contributed by atoms with Gasteiger partial charge in [-0.15, -0.1) is 0 Å². The van der Waals surface area contributed by atoms with Crippen LogP contribution in [0.2, 0.25) is 0 Å². The van der Waals surface area contributed by atoms with Gasteiger partial charge in [0.1, 0.15) is 11.1 Å². The minimum absolute atomic E-state index is 0.00957. The van der Waals surface area contributed by atoms with Crippen LogP contribution in [0.25, 0.3) is 16.7 Å². The zero-order valence-electron chi connectivity index (χ0n) is 18.4. The van der Waals surface area contributed by atoms with Crippen LogP contribution in [0.1, 0.15) is 23.6 Å². The van der Waals surface area contributed by atoms with Crippen molar-refractivity contribution in [3.63, 3.8) is 0 Å². The number of nitrogens with zero attached hydrogens (tertiary/aromatic N) is 5. The van der Waals surface area contributed by atoms with Crippen molar-refractivity contribution in [3.8, 4) is 5.69 Å². The zero-order chi connectivity index (χ0) is 24.0. The maximum atomic E-state index is 13.3. The number of anilines is 1. The molecular formula is C23H20N6O4S. The van der Waals surface area contributed by atoms with Gasteiger partial charge in [0.05, 0.1) is 22.8 Å². The van der Waals surface area contributed by atoms with Crippen molar-refractivity contribution in [1.29, 1.82) is 0 Å². The van der Waals surface area contributed by atoms with Crippen LogP contribution in [0.3, 0.4) is 0 Å². The van der Waals surface area contributed by atoms with Crippen LogP contribution < -0.4 is 10.9 Å². The van der Waals surface area contributed by atoms with Crippen molar-refractivity contribution < 1.29 is 9.72 Å². The van der Waals surface area contributed by atoms with E-state index >= 15 is 0 Å². The highest BCUT2D eigenvalue weighted by atomic mass is 32.2. The van der Waals surface area contributed by atoms with Gasteiger partial charge in [-0.25, -0.2) is 9.67 Å². The lowest BCUT2D eigenvalue weighted by molar-refractivity contribution is -0.383. The van der Waals surface area contributed by atoms with E-state index in [1.807, 2.05) is 32.0 Å². The lowest BCUT2D eigenvalue weighted by Gasteiger charge is -2.14. The number of nitro groups is 1. The van der Waals surface area contributed by atoms with Gasteiger partial charge < -0.3 is 5.32 Å². The Kier molecular flexibility index (Phi) is 5.40. The molecule has 1 unspecified atom stereocenters. The first-order valence-corrected chi connectivity index (χ1v) is 11.6. The monoisotopic (exact) mass is 476 g/mol. The van der Waals surface area contributed by atoms with Crippen molar-refractivity contribution in [3.05, 3.63) is 80.3 Å². The molecule has 1 aliphatic rings. The molecule has 0 saturated carbocycles. The number of rotatable bonds is 5. The van der Waals surface area contributed by atoms with Crippen LogP contribution in [0.15, 0.2) is 58.6 Å². The lowest BCUT2D eigenvalue weighted by Crippen LogP contribution is -2.27. The summed E-state index contributed by atoms with van der Waals surface area (Å²) >= 11 is 1.40. The average Bonchev–Trinajstić information content (AvgIpc) is 3.39. The molecule has 172 valence electrons. The van der Waals surface area contributed by atoms with Crippen molar-refractivity contribution in [2.45, 2.75) is 31.5 Å². The van der Waals surface area contributed by atoms with Crippen LogP contribution in [0.5, 0.6) is 0 Å². The molecule has 11 heteroatoms. The number of amides is 1. The first-order valence-electron chi connectivity index (χ1n) is 10.6. The average molecular weight is 477 g/mol. The van der Waals surface area contributed by atoms with Crippen LogP contribution in [0, 0.1) is 24.0 Å². The van der Waals surface area contributed by atoms with E-state index in [1.54, 1.807) is 10.7 Å². The first-order chi connectivity index (χ1) is 16.3. The third-order valence-corrected chi connectivity index (χ3v) is 6.84. The number of carbonyl (C=O) groups is 1. The number of carbonyl (C=O) groups excluding carboxylic acids is 1. The third kappa shape index (κ3) is 3.73. The molecule has 1 amide bonds. The van der Waals surface area contributed by atoms with Gasteiger partial charge in [-0.3, -0.25) is 24.3 Å². The number of nitro benzene ring substituents is 1. The summed E-state index contributed by atoms with van der Waals surface area (Å²) in [5, 5.41) is 19.1. The summed E-state index contributed by atoms with van der Waals surface area (Å²) in [5.74, 6) is 0.0848. The molecule has 1 N–H and O–H groups in total. The van der Waals surface area contributed by atoms with Crippen molar-refractivity contribution >= 4 is 40.1 Å². The summed E-state index contributed by atoms with van der Waals surface area (Å²) in [4.78, 5) is 41.4. The van der Waals surface area contributed by atoms with E-state index in [0.29, 0.717) is 21.9 Å². The Hall–Kier alpha value is -3.99. The zero-order valence-corrected chi connectivity index (χ0v) is 19.2. The van der Waals surface area contributed by atoms with Crippen molar-refractivity contribution in [2.75, 3.05) is 11.1 Å². The van der Waals surface area contributed by atoms with E-state index < -0.39 is 16.9 Å². The van der Waals surface area contributed by atoms with E-state index in [-0.39, 0.29) is 23.4 Å². The maximum absolute atomic E-state index is 13.3. The largest absolute Gasteiger partial charge is 0.320 e. The van der Waals surface area contributed by atoms with Gasteiger partial charge in [0.25, 0.3) is 11.2 Å². The van der Waals surface area contributed by atoms with Gasteiger partial charge >= 0.3 is 0 Å². The molecule has 0 spiro atoms. The predicted octanol–water partition coefficient (Wildman–Crippen LogP) is 3.78. The molecule has 0 aliphatic carbocycles. The SMILES string of the molecule is Cc1ccc(-n2ncc3c(=O)n4c(nc32)SCC4CC(=O)Nc2ccccc2[N+](=O)[O-])c(C)c1. The molecule has 0 bridgehead atoms. The second-order valence-electron chi connectivity index (χ2n) is 8.14. The number of thioether (sulfide) groups is 1. The predicted molar refractivity (Wildman–Crippen MR) is 129 cm³/mol. The van der Waals surface area contributed by atoms with Crippen LogP contribution >= 0.6 is 11.8 Å². The fourth-order valence-electron chi connectivity index (χ4n) is 4.15. The summed E-state index contributed by atoms with van der Waals surface area (Å²) < 4.78 is 3.20. The summed E-state index contributed by atoms with van der Waals surface area (Å²) in [5.41, 5.74) is 3.15. The van der Waals surface area contributed by atoms with Crippen LogP contribution in [-0.2, 0) is 4.79 Å². The number of para-hydroxylation sites is 2.